The molecular weight excluding hydrogens is 240 g/mol. The molecule has 0 aliphatic heterocycles. The van der Waals surface area contributed by atoms with E-state index in [1.807, 2.05) is 0 Å². The average Bonchev–Trinajstić information content (AvgIpc) is 2.33. The first-order valence-corrected chi connectivity index (χ1v) is 5.05. The van der Waals surface area contributed by atoms with E-state index in [9.17, 15) is 14.7 Å². The van der Waals surface area contributed by atoms with E-state index in [0.29, 0.717) is 5.75 Å². The van der Waals surface area contributed by atoms with Gasteiger partial charge in [-0.25, -0.2) is 4.79 Å². The number of hydrogen-bond donors (Lipinski definition) is 1. The molecule has 0 spiro atoms. The molecule has 0 aliphatic rings. The molecule has 0 saturated heterocycles. The fraction of sp³-hybridized carbons (Fsp3) is 0.167. The summed E-state index contributed by atoms with van der Waals surface area (Å²) in [5.74, 6) is -1.19. The van der Waals surface area contributed by atoms with Crippen molar-refractivity contribution in [3.8, 4) is 17.2 Å². The molecule has 0 atom stereocenters. The summed E-state index contributed by atoms with van der Waals surface area (Å²) in [6.07, 6.45) is 0. The van der Waals surface area contributed by atoms with Crippen LogP contribution in [0.5, 0.6) is 17.2 Å². The molecule has 0 aliphatic carbocycles. The van der Waals surface area contributed by atoms with Crippen LogP contribution >= 0.6 is 0 Å². The van der Waals surface area contributed by atoms with Crippen molar-refractivity contribution in [1.29, 1.82) is 0 Å². The van der Waals surface area contributed by atoms with Gasteiger partial charge in [-0.1, -0.05) is 0 Å². The van der Waals surface area contributed by atoms with E-state index < -0.39 is 23.1 Å². The molecule has 6 nitrogen and oxygen atoms in total. The molecule has 0 fully saturated rings. The summed E-state index contributed by atoms with van der Waals surface area (Å²) < 4.78 is 14.5. The first-order chi connectivity index (χ1) is 8.52. The molecule has 1 aromatic carbocycles. The van der Waals surface area contributed by atoms with E-state index in [1.165, 1.54) is 19.2 Å². The first-order valence-electron chi connectivity index (χ1n) is 5.05. The number of aromatic hydroxyl groups is 1. The number of hydrogen-bond acceptors (Lipinski definition) is 6. The van der Waals surface area contributed by atoms with Gasteiger partial charge in [-0.05, 0) is 12.1 Å². The maximum atomic E-state index is 11.5. The Morgan fingerprint density at radius 2 is 2.11 bits per heavy atom. The van der Waals surface area contributed by atoms with Crippen LogP contribution in [0.25, 0.3) is 11.0 Å². The molecule has 2 aromatic rings. The van der Waals surface area contributed by atoms with Gasteiger partial charge in [0.2, 0.25) is 0 Å². The van der Waals surface area contributed by atoms with Crippen molar-refractivity contribution in [2.24, 2.45) is 0 Å². The molecule has 94 valence electrons. The fourth-order valence-corrected chi connectivity index (χ4v) is 1.51. The van der Waals surface area contributed by atoms with Crippen LogP contribution in [0.3, 0.4) is 0 Å². The van der Waals surface area contributed by atoms with Gasteiger partial charge in [0.25, 0.3) is 5.75 Å². The van der Waals surface area contributed by atoms with Crippen LogP contribution in [0.15, 0.2) is 27.4 Å². The lowest BCUT2D eigenvalue weighted by molar-refractivity contribution is -0.132. The van der Waals surface area contributed by atoms with Crippen molar-refractivity contribution in [3.63, 3.8) is 0 Å². The molecule has 6 heteroatoms. The minimum atomic E-state index is -0.927. The molecule has 0 bridgehead atoms. The number of esters is 1. The molecule has 2 rings (SSSR count). The normalized spacial score (nSPS) is 10.3. The summed E-state index contributed by atoms with van der Waals surface area (Å²) in [5.41, 5.74) is -0.781. The molecule has 1 heterocycles. The van der Waals surface area contributed by atoms with E-state index in [1.54, 1.807) is 6.07 Å². The molecular formula is C12H10O6. The molecule has 0 unspecified atom stereocenters. The van der Waals surface area contributed by atoms with Crippen molar-refractivity contribution in [1.82, 2.24) is 0 Å². The summed E-state index contributed by atoms with van der Waals surface area (Å²) in [6, 6.07) is 4.53. The van der Waals surface area contributed by atoms with Gasteiger partial charge in [-0.15, -0.1) is 0 Å². The van der Waals surface area contributed by atoms with E-state index in [4.69, 9.17) is 9.15 Å². The number of carbonyl (C=O) groups is 1. The van der Waals surface area contributed by atoms with E-state index in [0.717, 1.165) is 6.92 Å². The van der Waals surface area contributed by atoms with E-state index in [-0.39, 0.29) is 11.0 Å². The number of fused-ring (bicyclic) bond motifs is 1. The number of carbonyl (C=O) groups excluding carboxylic acids is 1. The Morgan fingerprint density at radius 3 is 2.72 bits per heavy atom. The summed E-state index contributed by atoms with van der Waals surface area (Å²) in [4.78, 5) is 22.4. The third-order valence-electron chi connectivity index (χ3n) is 2.29. The van der Waals surface area contributed by atoms with Gasteiger partial charge in [-0.3, -0.25) is 4.79 Å². The lowest BCUT2D eigenvalue weighted by atomic mass is 10.2. The Morgan fingerprint density at radius 1 is 1.39 bits per heavy atom. The highest BCUT2D eigenvalue weighted by atomic mass is 16.6. The molecule has 0 radical (unpaired) electrons. The zero-order chi connectivity index (χ0) is 13.3. The Kier molecular flexibility index (Phi) is 2.93. The standard InChI is InChI=1S/C12H10O6/c1-6(13)17-11-10(14)8-4-3-7(16-2)5-9(8)18-12(11)15/h3-5,14H,1-2H3. The third kappa shape index (κ3) is 2.00. The maximum Gasteiger partial charge on any atom is 0.383 e. The predicted octanol–water partition coefficient (Wildman–Crippen LogP) is 1.43. The van der Waals surface area contributed by atoms with E-state index >= 15 is 0 Å². The van der Waals surface area contributed by atoms with Crippen LogP contribution in [0, 0.1) is 0 Å². The highest BCUT2D eigenvalue weighted by molar-refractivity contribution is 5.87. The van der Waals surface area contributed by atoms with Crippen LogP contribution in [-0.2, 0) is 4.79 Å². The molecule has 0 saturated carbocycles. The Bertz CT molecular complexity index is 670. The smallest absolute Gasteiger partial charge is 0.383 e. The van der Waals surface area contributed by atoms with Crippen LogP contribution in [0.2, 0.25) is 0 Å². The van der Waals surface area contributed by atoms with Crippen LogP contribution in [-0.4, -0.2) is 18.2 Å². The number of ether oxygens (including phenoxy) is 2. The lowest BCUT2D eigenvalue weighted by Crippen LogP contribution is -2.11. The lowest BCUT2D eigenvalue weighted by Gasteiger charge is -2.06. The Labute approximate surface area is 101 Å². The number of methoxy groups -OCH3 is 1. The highest BCUT2D eigenvalue weighted by Gasteiger charge is 2.17. The summed E-state index contributed by atoms with van der Waals surface area (Å²) >= 11 is 0. The summed E-state index contributed by atoms with van der Waals surface area (Å²) in [6.45, 7) is 1.12. The average molecular weight is 250 g/mol. The van der Waals surface area contributed by atoms with Gasteiger partial charge in [0.15, 0.2) is 5.75 Å². The Balaban J connectivity index is 2.71. The zero-order valence-electron chi connectivity index (χ0n) is 9.72. The SMILES string of the molecule is COc1ccc2c(O)c(OC(C)=O)c(=O)oc2c1. The molecule has 0 amide bonds. The quantitative estimate of drug-likeness (QED) is 0.641. The van der Waals surface area contributed by atoms with Crippen molar-refractivity contribution < 1.29 is 23.8 Å². The molecule has 18 heavy (non-hydrogen) atoms. The minimum absolute atomic E-state index is 0.146. The van der Waals surface area contributed by atoms with Gasteiger partial charge < -0.3 is 19.0 Å². The summed E-state index contributed by atoms with van der Waals surface area (Å²) in [7, 11) is 1.46. The van der Waals surface area contributed by atoms with Crippen molar-refractivity contribution >= 4 is 16.9 Å². The second-order valence-corrected chi connectivity index (χ2v) is 3.52. The topological polar surface area (TPSA) is 86.0 Å². The van der Waals surface area contributed by atoms with Gasteiger partial charge in [0.1, 0.15) is 11.3 Å². The van der Waals surface area contributed by atoms with Crippen LogP contribution in [0.4, 0.5) is 0 Å². The monoisotopic (exact) mass is 250 g/mol. The summed E-state index contributed by atoms with van der Waals surface area (Å²) in [5, 5.41) is 10.1. The van der Waals surface area contributed by atoms with Gasteiger partial charge in [-0.2, -0.15) is 0 Å². The van der Waals surface area contributed by atoms with Crippen molar-refractivity contribution in [2.45, 2.75) is 6.92 Å². The molecule has 1 N–H and O–H groups in total. The number of rotatable bonds is 2. The van der Waals surface area contributed by atoms with Crippen molar-refractivity contribution in [3.05, 3.63) is 28.6 Å². The molecule has 1 aromatic heterocycles. The van der Waals surface area contributed by atoms with Gasteiger partial charge in [0.05, 0.1) is 12.5 Å². The van der Waals surface area contributed by atoms with Gasteiger partial charge >= 0.3 is 11.6 Å². The van der Waals surface area contributed by atoms with Crippen LogP contribution < -0.4 is 15.1 Å². The van der Waals surface area contributed by atoms with Crippen molar-refractivity contribution in [2.75, 3.05) is 7.11 Å². The number of benzene rings is 1. The highest BCUT2D eigenvalue weighted by Crippen LogP contribution is 2.33. The fourth-order valence-electron chi connectivity index (χ4n) is 1.51. The predicted molar refractivity (Wildman–Crippen MR) is 62.0 cm³/mol. The maximum absolute atomic E-state index is 11.5. The van der Waals surface area contributed by atoms with Crippen LogP contribution in [0.1, 0.15) is 6.92 Å². The second kappa shape index (κ2) is 4.40. The second-order valence-electron chi connectivity index (χ2n) is 3.52. The van der Waals surface area contributed by atoms with E-state index in [2.05, 4.69) is 4.74 Å². The van der Waals surface area contributed by atoms with Gasteiger partial charge in [0, 0.05) is 13.0 Å². The largest absolute Gasteiger partial charge is 0.504 e. The Hall–Kier alpha value is -2.50. The zero-order valence-corrected chi connectivity index (χ0v) is 9.72. The minimum Gasteiger partial charge on any atom is -0.504 e. The third-order valence-corrected chi connectivity index (χ3v) is 2.29. The first kappa shape index (κ1) is 12.0.